The van der Waals surface area contributed by atoms with Crippen LogP contribution in [0.5, 0.6) is 0 Å². The zero-order chi connectivity index (χ0) is 14.6. The Bertz CT molecular complexity index is 651. The molecule has 0 spiro atoms. The van der Waals surface area contributed by atoms with Crippen LogP contribution in [0.1, 0.15) is 31.9 Å². The van der Waals surface area contributed by atoms with E-state index in [0.29, 0.717) is 6.42 Å². The van der Waals surface area contributed by atoms with E-state index in [1.807, 2.05) is 50.4 Å². The molecule has 0 fully saturated rings. The Hall–Kier alpha value is -1.66. The minimum absolute atomic E-state index is 0.149. The average Bonchev–Trinajstić information content (AvgIpc) is 2.92. The number of hydrogen-bond donors (Lipinski definition) is 1. The van der Waals surface area contributed by atoms with E-state index in [1.165, 1.54) is 0 Å². The van der Waals surface area contributed by atoms with Gasteiger partial charge in [-0.05, 0) is 37.1 Å². The molecule has 0 aliphatic rings. The van der Waals surface area contributed by atoms with Gasteiger partial charge in [0.2, 0.25) is 10.0 Å². The quantitative estimate of drug-likeness (QED) is 0.888. The Morgan fingerprint density at radius 1 is 1.35 bits per heavy atom. The summed E-state index contributed by atoms with van der Waals surface area (Å²) in [5.74, 6) is 0.149. The normalized spacial score (nSPS) is 13.3. The average molecular weight is 293 g/mol. The molecule has 0 aliphatic heterocycles. The summed E-state index contributed by atoms with van der Waals surface area (Å²) in [4.78, 5) is 0. The molecule has 0 aliphatic carbocycles. The molecule has 108 valence electrons. The molecule has 1 aromatic heterocycles. The first-order valence-corrected chi connectivity index (χ1v) is 8.27. The highest BCUT2D eigenvalue weighted by molar-refractivity contribution is 7.89. The van der Waals surface area contributed by atoms with Gasteiger partial charge in [-0.25, -0.2) is 17.8 Å². The summed E-state index contributed by atoms with van der Waals surface area (Å²) in [5.41, 5.74) is 1.83. The highest BCUT2D eigenvalue weighted by Crippen LogP contribution is 2.17. The van der Waals surface area contributed by atoms with Gasteiger partial charge in [-0.3, -0.25) is 0 Å². The molecule has 0 saturated carbocycles. The van der Waals surface area contributed by atoms with E-state index >= 15 is 0 Å². The summed E-state index contributed by atoms with van der Waals surface area (Å²) < 4.78 is 28.0. The van der Waals surface area contributed by atoms with Crippen molar-refractivity contribution in [2.24, 2.45) is 0 Å². The summed E-state index contributed by atoms with van der Waals surface area (Å²) >= 11 is 0. The third-order valence-corrected chi connectivity index (χ3v) is 4.63. The largest absolute Gasteiger partial charge is 0.241 e. The van der Waals surface area contributed by atoms with E-state index in [1.54, 1.807) is 10.9 Å². The Kier molecular flexibility index (Phi) is 4.57. The summed E-state index contributed by atoms with van der Waals surface area (Å²) in [6.45, 7) is 3.69. The van der Waals surface area contributed by atoms with Crippen molar-refractivity contribution >= 4 is 10.0 Å². The van der Waals surface area contributed by atoms with E-state index in [0.717, 1.165) is 11.3 Å². The van der Waals surface area contributed by atoms with Crippen LogP contribution in [0.25, 0.3) is 5.69 Å². The van der Waals surface area contributed by atoms with Crippen LogP contribution in [0.4, 0.5) is 0 Å². The zero-order valence-corrected chi connectivity index (χ0v) is 12.5. The van der Waals surface area contributed by atoms with Gasteiger partial charge in [0.05, 0.1) is 11.4 Å². The van der Waals surface area contributed by atoms with Crippen molar-refractivity contribution < 1.29 is 8.42 Å². The molecule has 5 nitrogen and oxygen atoms in total. The lowest BCUT2D eigenvalue weighted by molar-refractivity contribution is 0.565. The topological polar surface area (TPSA) is 64.0 Å². The summed E-state index contributed by atoms with van der Waals surface area (Å²) in [6, 6.07) is 9.26. The fourth-order valence-corrected chi connectivity index (χ4v) is 3.35. The van der Waals surface area contributed by atoms with Crippen molar-refractivity contribution in [3.63, 3.8) is 0 Å². The molecule has 0 radical (unpaired) electrons. The lowest BCUT2D eigenvalue weighted by Crippen LogP contribution is -2.29. The van der Waals surface area contributed by atoms with Crippen LogP contribution >= 0.6 is 0 Å². The molecule has 2 aromatic rings. The molecule has 0 saturated heterocycles. The van der Waals surface area contributed by atoms with Crippen LogP contribution in [0, 0.1) is 0 Å². The van der Waals surface area contributed by atoms with Crippen molar-refractivity contribution in [3.8, 4) is 5.69 Å². The van der Waals surface area contributed by atoms with Crippen LogP contribution in [-0.2, 0) is 10.0 Å². The van der Waals surface area contributed by atoms with Crippen molar-refractivity contribution in [1.82, 2.24) is 14.5 Å². The van der Waals surface area contributed by atoms with Crippen LogP contribution < -0.4 is 4.72 Å². The number of benzene rings is 1. The fraction of sp³-hybridized carbons (Fsp3) is 0.357. The fourth-order valence-electron chi connectivity index (χ4n) is 2.02. The maximum Gasteiger partial charge on any atom is 0.212 e. The number of sulfonamides is 1. The lowest BCUT2D eigenvalue weighted by Gasteiger charge is -2.15. The number of nitrogens with zero attached hydrogens (tertiary/aromatic N) is 2. The molecule has 20 heavy (non-hydrogen) atoms. The third kappa shape index (κ3) is 3.68. The van der Waals surface area contributed by atoms with Gasteiger partial charge < -0.3 is 0 Å². The second-order valence-electron chi connectivity index (χ2n) is 4.70. The van der Waals surface area contributed by atoms with Gasteiger partial charge in [0, 0.05) is 18.4 Å². The molecule has 1 aromatic carbocycles. The van der Waals surface area contributed by atoms with Crippen molar-refractivity contribution in [3.05, 3.63) is 48.3 Å². The first-order valence-electron chi connectivity index (χ1n) is 6.62. The highest BCUT2D eigenvalue weighted by atomic mass is 32.2. The molecule has 0 bridgehead atoms. The first-order chi connectivity index (χ1) is 9.52. The molecular formula is C14H19N3O2S. The first kappa shape index (κ1) is 14.7. The third-order valence-electron chi connectivity index (χ3n) is 2.97. The molecule has 0 unspecified atom stereocenters. The van der Waals surface area contributed by atoms with Gasteiger partial charge in [0.15, 0.2) is 0 Å². The minimum atomic E-state index is -3.22. The van der Waals surface area contributed by atoms with E-state index in [2.05, 4.69) is 9.82 Å². The standard InChI is InChI=1S/C14H19N3O2S/c1-3-10-20(18,19)16-12(2)13-6-4-7-14(11-13)17-9-5-8-15-17/h4-9,11-12,16H,3,10H2,1-2H3/t12-/m0/s1. The van der Waals surface area contributed by atoms with Crippen LogP contribution in [0.15, 0.2) is 42.7 Å². The molecule has 0 amide bonds. The van der Waals surface area contributed by atoms with Crippen LogP contribution in [0.2, 0.25) is 0 Å². The summed E-state index contributed by atoms with van der Waals surface area (Å²) in [6.07, 6.45) is 4.17. The maximum atomic E-state index is 11.8. The summed E-state index contributed by atoms with van der Waals surface area (Å²) in [5, 5.41) is 4.17. The Labute approximate surface area is 119 Å². The molecule has 6 heteroatoms. The summed E-state index contributed by atoms with van der Waals surface area (Å²) in [7, 11) is -3.22. The van der Waals surface area contributed by atoms with E-state index in [9.17, 15) is 8.42 Å². The van der Waals surface area contributed by atoms with E-state index in [-0.39, 0.29) is 11.8 Å². The second kappa shape index (κ2) is 6.19. The maximum absolute atomic E-state index is 11.8. The van der Waals surface area contributed by atoms with Gasteiger partial charge in [0.1, 0.15) is 0 Å². The van der Waals surface area contributed by atoms with Crippen molar-refractivity contribution in [1.29, 1.82) is 0 Å². The van der Waals surface area contributed by atoms with Crippen LogP contribution in [-0.4, -0.2) is 24.0 Å². The van der Waals surface area contributed by atoms with E-state index < -0.39 is 10.0 Å². The van der Waals surface area contributed by atoms with Crippen molar-refractivity contribution in [2.75, 3.05) is 5.75 Å². The molecule has 1 heterocycles. The Balaban J connectivity index is 2.19. The monoisotopic (exact) mass is 293 g/mol. The Morgan fingerprint density at radius 3 is 2.80 bits per heavy atom. The van der Waals surface area contributed by atoms with Gasteiger partial charge in [-0.15, -0.1) is 0 Å². The predicted octanol–water partition coefficient (Wildman–Crippen LogP) is 2.26. The van der Waals surface area contributed by atoms with Crippen LogP contribution in [0.3, 0.4) is 0 Å². The minimum Gasteiger partial charge on any atom is -0.241 e. The molecule has 1 atom stereocenters. The SMILES string of the molecule is CCCS(=O)(=O)N[C@@H](C)c1cccc(-n2cccn2)c1. The van der Waals surface area contributed by atoms with Gasteiger partial charge in [-0.2, -0.15) is 5.10 Å². The predicted molar refractivity (Wildman–Crippen MR) is 79.2 cm³/mol. The number of nitrogens with one attached hydrogen (secondary N) is 1. The zero-order valence-electron chi connectivity index (χ0n) is 11.7. The van der Waals surface area contributed by atoms with Gasteiger partial charge in [-0.1, -0.05) is 19.1 Å². The van der Waals surface area contributed by atoms with Gasteiger partial charge in [0.25, 0.3) is 0 Å². The smallest absolute Gasteiger partial charge is 0.212 e. The number of rotatable bonds is 6. The highest BCUT2D eigenvalue weighted by Gasteiger charge is 2.15. The molecular weight excluding hydrogens is 274 g/mol. The Morgan fingerprint density at radius 2 is 2.15 bits per heavy atom. The van der Waals surface area contributed by atoms with E-state index in [4.69, 9.17) is 0 Å². The number of aromatic nitrogens is 2. The van der Waals surface area contributed by atoms with Crippen molar-refractivity contribution in [2.45, 2.75) is 26.3 Å². The molecule has 1 N–H and O–H groups in total. The molecule has 2 rings (SSSR count). The van der Waals surface area contributed by atoms with Gasteiger partial charge >= 0.3 is 0 Å². The second-order valence-corrected chi connectivity index (χ2v) is 6.58. The number of hydrogen-bond acceptors (Lipinski definition) is 3. The lowest BCUT2D eigenvalue weighted by atomic mass is 10.1.